The van der Waals surface area contributed by atoms with Crippen molar-refractivity contribution in [1.82, 2.24) is 0 Å². The summed E-state index contributed by atoms with van der Waals surface area (Å²) in [7, 11) is 0. The number of halogens is 1. The van der Waals surface area contributed by atoms with Crippen molar-refractivity contribution in [2.45, 2.75) is 11.7 Å². The molecular formula is C29H20ClN3O2S. The maximum Gasteiger partial charge on any atom is 0.269 e. The molecule has 1 heterocycles. The quantitative estimate of drug-likeness (QED) is 0.244. The molecule has 1 aliphatic rings. The van der Waals surface area contributed by atoms with Crippen LogP contribution in [0.2, 0.25) is 5.02 Å². The first-order valence-corrected chi connectivity index (χ1v) is 12.5. The molecule has 1 atom stereocenters. The number of rotatable bonds is 5. The second-order valence-corrected chi connectivity index (χ2v) is 9.78. The predicted molar refractivity (Wildman–Crippen MR) is 146 cm³/mol. The minimum atomic E-state index is -0.566. The third kappa shape index (κ3) is 4.59. The van der Waals surface area contributed by atoms with Gasteiger partial charge in [0.25, 0.3) is 5.91 Å². The minimum Gasteiger partial charge on any atom is -0.321 e. The first kappa shape index (κ1) is 23.7. The van der Waals surface area contributed by atoms with E-state index in [4.69, 9.17) is 11.6 Å². The van der Waals surface area contributed by atoms with Crippen molar-refractivity contribution in [3.63, 3.8) is 0 Å². The van der Waals surface area contributed by atoms with Gasteiger partial charge in [0.15, 0.2) is 0 Å². The number of anilines is 2. The highest BCUT2D eigenvalue weighted by molar-refractivity contribution is 8.05. The summed E-state index contributed by atoms with van der Waals surface area (Å²) in [6.07, 6.45) is 0.375. The third-order valence-electron chi connectivity index (χ3n) is 5.92. The minimum absolute atomic E-state index is 0.119. The van der Waals surface area contributed by atoms with E-state index in [-0.39, 0.29) is 11.5 Å². The van der Waals surface area contributed by atoms with Crippen LogP contribution in [-0.2, 0) is 16.0 Å². The van der Waals surface area contributed by atoms with Gasteiger partial charge in [-0.1, -0.05) is 96.2 Å². The van der Waals surface area contributed by atoms with Gasteiger partial charge in [0.1, 0.15) is 16.7 Å². The van der Waals surface area contributed by atoms with Crippen LogP contribution in [0, 0.1) is 11.3 Å². The lowest BCUT2D eigenvalue weighted by molar-refractivity contribution is -0.117. The number of hydrogen-bond donors (Lipinski definition) is 1. The summed E-state index contributed by atoms with van der Waals surface area (Å²) in [5, 5.41) is 15.1. The fourth-order valence-corrected chi connectivity index (χ4v) is 5.69. The Kier molecular flexibility index (Phi) is 6.77. The fraction of sp³-hybridized carbons (Fsp3) is 0.0690. The standard InChI is InChI=1S/C29H20ClN3O2S/c30-24-15-7-5-10-20(24)17-26-28(35)33(21-12-2-1-3-13-21)29(36-26)23(18-31)27(34)32-25-16-8-11-19-9-4-6-14-22(19)25/h1-16,26H,17H2,(H,32,34)/b29-23-/t26-/m1/s1. The second kappa shape index (κ2) is 10.3. The van der Waals surface area contributed by atoms with Crippen LogP contribution >= 0.6 is 23.4 Å². The van der Waals surface area contributed by atoms with Gasteiger partial charge in [-0.15, -0.1) is 0 Å². The molecule has 1 aliphatic heterocycles. The molecule has 5 nitrogen and oxygen atoms in total. The number of para-hydroxylation sites is 1. The summed E-state index contributed by atoms with van der Waals surface area (Å²) >= 11 is 7.57. The van der Waals surface area contributed by atoms with Gasteiger partial charge in [-0.05, 0) is 41.6 Å². The van der Waals surface area contributed by atoms with Crippen LogP contribution in [0.1, 0.15) is 5.56 Å². The van der Waals surface area contributed by atoms with E-state index in [1.807, 2.05) is 72.8 Å². The summed E-state index contributed by atoms with van der Waals surface area (Å²) < 4.78 is 0. The summed E-state index contributed by atoms with van der Waals surface area (Å²) in [6, 6.07) is 31.7. The molecule has 0 radical (unpaired) electrons. The highest BCUT2D eigenvalue weighted by Gasteiger charge is 2.41. The molecule has 4 aromatic rings. The third-order valence-corrected chi connectivity index (χ3v) is 7.55. The zero-order valence-corrected chi connectivity index (χ0v) is 20.6. The summed E-state index contributed by atoms with van der Waals surface area (Å²) in [5.74, 6) is -0.768. The van der Waals surface area contributed by atoms with E-state index in [9.17, 15) is 14.9 Å². The average molecular weight is 510 g/mol. The Hall–Kier alpha value is -4.05. The molecule has 0 aromatic heterocycles. The molecule has 36 heavy (non-hydrogen) atoms. The number of amides is 2. The topological polar surface area (TPSA) is 73.2 Å². The molecule has 2 amide bonds. The Bertz CT molecular complexity index is 1540. The summed E-state index contributed by atoms with van der Waals surface area (Å²) in [6.45, 7) is 0. The van der Waals surface area contributed by atoms with Crippen LogP contribution in [0.5, 0.6) is 0 Å². The van der Waals surface area contributed by atoms with Gasteiger partial charge < -0.3 is 5.32 Å². The molecule has 5 rings (SSSR count). The molecule has 0 spiro atoms. The van der Waals surface area contributed by atoms with E-state index in [0.717, 1.165) is 16.3 Å². The van der Waals surface area contributed by atoms with Gasteiger partial charge in [0, 0.05) is 21.8 Å². The van der Waals surface area contributed by atoms with E-state index < -0.39 is 11.2 Å². The van der Waals surface area contributed by atoms with Crippen molar-refractivity contribution >= 4 is 57.3 Å². The molecule has 0 saturated carbocycles. The van der Waals surface area contributed by atoms with Crippen LogP contribution in [0.25, 0.3) is 10.8 Å². The van der Waals surface area contributed by atoms with E-state index in [1.54, 1.807) is 24.3 Å². The Labute approximate surface area is 218 Å². The normalized spacial score (nSPS) is 16.6. The molecule has 4 aromatic carbocycles. The number of benzene rings is 4. The first-order valence-electron chi connectivity index (χ1n) is 11.3. The van der Waals surface area contributed by atoms with Crippen LogP contribution in [-0.4, -0.2) is 17.1 Å². The Balaban J connectivity index is 1.54. The molecule has 1 fully saturated rings. The number of carbonyl (C=O) groups excluding carboxylic acids is 2. The Morgan fingerprint density at radius 2 is 1.64 bits per heavy atom. The zero-order valence-electron chi connectivity index (χ0n) is 19.0. The Morgan fingerprint density at radius 1 is 0.944 bits per heavy atom. The van der Waals surface area contributed by atoms with Crippen molar-refractivity contribution in [1.29, 1.82) is 5.26 Å². The van der Waals surface area contributed by atoms with Crippen molar-refractivity contribution in [2.24, 2.45) is 0 Å². The fourth-order valence-electron chi connectivity index (χ4n) is 4.18. The highest BCUT2D eigenvalue weighted by atomic mass is 35.5. The smallest absolute Gasteiger partial charge is 0.269 e. The SMILES string of the molecule is N#C/C(C(=O)Nc1cccc2ccccc12)=C1/S[C@H](Cc2ccccc2Cl)C(=O)N1c1ccccc1. The summed E-state index contributed by atoms with van der Waals surface area (Å²) in [4.78, 5) is 28.5. The molecule has 0 bridgehead atoms. The lowest BCUT2D eigenvalue weighted by Crippen LogP contribution is -2.30. The molecule has 1 saturated heterocycles. The monoisotopic (exact) mass is 509 g/mol. The van der Waals surface area contributed by atoms with Gasteiger partial charge >= 0.3 is 0 Å². The molecule has 0 aliphatic carbocycles. The first-order chi connectivity index (χ1) is 17.6. The second-order valence-electron chi connectivity index (χ2n) is 8.18. The van der Waals surface area contributed by atoms with Crippen LogP contribution in [0.15, 0.2) is 108 Å². The number of carbonyl (C=O) groups is 2. The molecule has 7 heteroatoms. The summed E-state index contributed by atoms with van der Waals surface area (Å²) in [5.41, 5.74) is 1.90. The maximum atomic E-state index is 13.6. The number of thioether (sulfide) groups is 1. The van der Waals surface area contributed by atoms with Gasteiger partial charge in [-0.3, -0.25) is 14.5 Å². The molecule has 1 N–H and O–H groups in total. The maximum absolute atomic E-state index is 13.6. The molecule has 176 valence electrons. The van der Waals surface area contributed by atoms with Crippen LogP contribution in [0.4, 0.5) is 11.4 Å². The van der Waals surface area contributed by atoms with Crippen LogP contribution in [0.3, 0.4) is 0 Å². The number of nitriles is 1. The average Bonchev–Trinajstić information content (AvgIpc) is 3.22. The molecule has 0 unspecified atom stereocenters. The highest BCUT2D eigenvalue weighted by Crippen LogP contribution is 2.42. The lowest BCUT2D eigenvalue weighted by atomic mass is 10.1. The number of nitrogens with one attached hydrogen (secondary N) is 1. The van der Waals surface area contributed by atoms with Crippen molar-refractivity contribution in [3.8, 4) is 6.07 Å². The van der Waals surface area contributed by atoms with Gasteiger partial charge in [0.2, 0.25) is 5.91 Å². The molecular weight excluding hydrogens is 490 g/mol. The number of nitrogens with zero attached hydrogens (tertiary/aromatic N) is 2. The van der Waals surface area contributed by atoms with Gasteiger partial charge in [-0.25, -0.2) is 0 Å². The van der Waals surface area contributed by atoms with Crippen molar-refractivity contribution < 1.29 is 9.59 Å². The van der Waals surface area contributed by atoms with Gasteiger partial charge in [0.05, 0.1) is 5.25 Å². The van der Waals surface area contributed by atoms with Crippen molar-refractivity contribution in [3.05, 3.63) is 118 Å². The lowest BCUT2D eigenvalue weighted by Gasteiger charge is -2.18. The largest absolute Gasteiger partial charge is 0.321 e. The number of fused-ring (bicyclic) bond motifs is 1. The van der Waals surface area contributed by atoms with Crippen molar-refractivity contribution in [2.75, 3.05) is 10.2 Å². The predicted octanol–water partition coefficient (Wildman–Crippen LogP) is 6.56. The zero-order chi connectivity index (χ0) is 25.1. The van der Waals surface area contributed by atoms with E-state index in [0.29, 0.717) is 27.8 Å². The Morgan fingerprint density at radius 3 is 2.42 bits per heavy atom. The van der Waals surface area contributed by atoms with Gasteiger partial charge in [-0.2, -0.15) is 5.26 Å². The van der Waals surface area contributed by atoms with E-state index >= 15 is 0 Å². The van der Waals surface area contributed by atoms with Crippen LogP contribution < -0.4 is 10.2 Å². The van der Waals surface area contributed by atoms with E-state index in [2.05, 4.69) is 11.4 Å². The van der Waals surface area contributed by atoms with E-state index in [1.165, 1.54) is 16.7 Å². The number of hydrogen-bond acceptors (Lipinski definition) is 4.